The number of oxime groups is 1. The first-order valence-corrected chi connectivity index (χ1v) is 3.77. The largest absolute Gasteiger partial charge is 0.411 e. The smallest absolute Gasteiger partial charge is 0.211 e. The maximum atomic E-state index is 10.1. The van der Waals surface area contributed by atoms with Crippen molar-refractivity contribution < 1.29 is 10.0 Å². The molecule has 1 aromatic carbocycles. The van der Waals surface area contributed by atoms with Crippen LogP contribution < -0.4 is 5.32 Å². The van der Waals surface area contributed by atoms with Gasteiger partial charge in [0.05, 0.1) is 5.71 Å². The summed E-state index contributed by atoms with van der Waals surface area (Å²) in [5, 5.41) is 14.0. The van der Waals surface area contributed by atoms with Gasteiger partial charge >= 0.3 is 0 Å². The standard InChI is InChI=1S/C9H10N2O2/c1-7(11-13)8-2-4-9(5-3-8)10-6-12/h2-6,13H,1H3,(H,10,12)/b11-7+. The second-order valence-electron chi connectivity index (χ2n) is 2.52. The number of anilines is 1. The SMILES string of the molecule is C/C(=N\O)c1ccc(NC=O)cc1. The van der Waals surface area contributed by atoms with Crippen molar-refractivity contribution in [3.05, 3.63) is 29.8 Å². The maximum absolute atomic E-state index is 10.1. The fraction of sp³-hybridized carbons (Fsp3) is 0.111. The Hall–Kier alpha value is -1.84. The Morgan fingerprint density at radius 3 is 2.54 bits per heavy atom. The van der Waals surface area contributed by atoms with E-state index in [-0.39, 0.29) is 0 Å². The molecule has 4 nitrogen and oxygen atoms in total. The monoisotopic (exact) mass is 178 g/mol. The lowest BCUT2D eigenvalue weighted by atomic mass is 10.1. The molecule has 0 fully saturated rings. The molecule has 68 valence electrons. The van der Waals surface area contributed by atoms with E-state index in [0.29, 0.717) is 17.8 Å². The summed E-state index contributed by atoms with van der Waals surface area (Å²) in [6.45, 7) is 1.70. The third kappa shape index (κ3) is 2.30. The molecule has 0 spiro atoms. The lowest BCUT2D eigenvalue weighted by Crippen LogP contribution is -1.96. The third-order valence-corrected chi connectivity index (χ3v) is 1.68. The molecule has 0 aromatic heterocycles. The van der Waals surface area contributed by atoms with E-state index in [1.807, 2.05) is 0 Å². The summed E-state index contributed by atoms with van der Waals surface area (Å²) in [7, 11) is 0. The molecule has 1 amide bonds. The summed E-state index contributed by atoms with van der Waals surface area (Å²) in [5.74, 6) is 0. The predicted octanol–water partition coefficient (Wildman–Crippen LogP) is 1.45. The van der Waals surface area contributed by atoms with Gasteiger partial charge in [0.1, 0.15) is 0 Å². The molecular weight excluding hydrogens is 168 g/mol. The summed E-state index contributed by atoms with van der Waals surface area (Å²) >= 11 is 0. The third-order valence-electron chi connectivity index (χ3n) is 1.68. The Balaban J connectivity index is 2.87. The number of hydrogen-bond donors (Lipinski definition) is 2. The van der Waals surface area contributed by atoms with E-state index in [9.17, 15) is 4.79 Å². The Bertz CT molecular complexity index is 317. The molecule has 0 aliphatic carbocycles. The Morgan fingerprint density at radius 2 is 2.08 bits per heavy atom. The molecule has 0 unspecified atom stereocenters. The number of nitrogens with zero attached hydrogens (tertiary/aromatic N) is 1. The van der Waals surface area contributed by atoms with Crippen molar-refractivity contribution in [1.82, 2.24) is 0 Å². The highest BCUT2D eigenvalue weighted by Gasteiger charge is 1.96. The van der Waals surface area contributed by atoms with Crippen molar-refractivity contribution in [2.24, 2.45) is 5.16 Å². The van der Waals surface area contributed by atoms with Gasteiger partial charge in [0, 0.05) is 5.69 Å². The van der Waals surface area contributed by atoms with Crippen molar-refractivity contribution in [2.45, 2.75) is 6.92 Å². The second kappa shape index (κ2) is 4.25. The van der Waals surface area contributed by atoms with Crippen LogP contribution in [0.2, 0.25) is 0 Å². The predicted molar refractivity (Wildman–Crippen MR) is 50.1 cm³/mol. The molecule has 1 aromatic rings. The van der Waals surface area contributed by atoms with E-state index >= 15 is 0 Å². The number of benzene rings is 1. The molecule has 13 heavy (non-hydrogen) atoms. The Morgan fingerprint density at radius 1 is 1.46 bits per heavy atom. The fourth-order valence-corrected chi connectivity index (χ4v) is 0.933. The van der Waals surface area contributed by atoms with E-state index < -0.39 is 0 Å². The lowest BCUT2D eigenvalue weighted by Gasteiger charge is -2.00. The van der Waals surface area contributed by atoms with Crippen LogP contribution in [0, 0.1) is 0 Å². The van der Waals surface area contributed by atoms with Crippen molar-refractivity contribution in [2.75, 3.05) is 5.32 Å². The molecule has 1 rings (SSSR count). The van der Waals surface area contributed by atoms with Crippen molar-refractivity contribution in [1.29, 1.82) is 0 Å². The van der Waals surface area contributed by atoms with E-state index in [1.165, 1.54) is 0 Å². The van der Waals surface area contributed by atoms with Crippen molar-refractivity contribution >= 4 is 17.8 Å². The molecule has 0 saturated heterocycles. The maximum Gasteiger partial charge on any atom is 0.211 e. The van der Waals surface area contributed by atoms with Crippen molar-refractivity contribution in [3.8, 4) is 0 Å². The molecular formula is C9H10N2O2. The summed E-state index contributed by atoms with van der Waals surface area (Å²) in [6, 6.07) is 7.00. The van der Waals surface area contributed by atoms with E-state index in [0.717, 1.165) is 5.56 Å². The van der Waals surface area contributed by atoms with Gasteiger partial charge in [-0.1, -0.05) is 17.3 Å². The van der Waals surface area contributed by atoms with Crippen LogP contribution in [-0.4, -0.2) is 17.3 Å². The Labute approximate surface area is 75.9 Å². The molecule has 0 radical (unpaired) electrons. The second-order valence-corrected chi connectivity index (χ2v) is 2.52. The zero-order valence-electron chi connectivity index (χ0n) is 7.19. The summed E-state index contributed by atoms with van der Waals surface area (Å²) in [5.41, 5.74) is 2.07. The number of hydrogen-bond acceptors (Lipinski definition) is 3. The van der Waals surface area contributed by atoms with Gasteiger partial charge < -0.3 is 10.5 Å². The van der Waals surface area contributed by atoms with Crippen LogP contribution >= 0.6 is 0 Å². The van der Waals surface area contributed by atoms with Gasteiger partial charge in [-0.25, -0.2) is 0 Å². The van der Waals surface area contributed by atoms with Gasteiger partial charge in [-0.2, -0.15) is 0 Å². The zero-order chi connectivity index (χ0) is 9.68. The zero-order valence-corrected chi connectivity index (χ0v) is 7.19. The van der Waals surface area contributed by atoms with Crippen LogP contribution in [0.4, 0.5) is 5.69 Å². The molecule has 0 aliphatic heterocycles. The van der Waals surface area contributed by atoms with Gasteiger partial charge in [-0.15, -0.1) is 0 Å². The van der Waals surface area contributed by atoms with Crippen LogP contribution in [-0.2, 0) is 4.79 Å². The van der Waals surface area contributed by atoms with Gasteiger partial charge in [0.25, 0.3) is 0 Å². The normalized spacial score (nSPS) is 11.0. The number of carbonyl (C=O) groups is 1. The highest BCUT2D eigenvalue weighted by molar-refractivity contribution is 5.98. The summed E-state index contributed by atoms with van der Waals surface area (Å²) in [6.07, 6.45) is 0.613. The average Bonchev–Trinajstić information content (AvgIpc) is 2.18. The summed E-state index contributed by atoms with van der Waals surface area (Å²) in [4.78, 5) is 10.1. The average molecular weight is 178 g/mol. The first kappa shape index (κ1) is 9.25. The Kier molecular flexibility index (Phi) is 3.03. The van der Waals surface area contributed by atoms with E-state index in [4.69, 9.17) is 5.21 Å². The highest BCUT2D eigenvalue weighted by Crippen LogP contribution is 2.09. The number of amides is 1. The van der Waals surface area contributed by atoms with Gasteiger partial charge in [-0.3, -0.25) is 4.79 Å². The molecule has 0 bridgehead atoms. The first-order chi connectivity index (χ1) is 6.27. The fourth-order valence-electron chi connectivity index (χ4n) is 0.933. The van der Waals surface area contributed by atoms with Crippen LogP contribution in [0.25, 0.3) is 0 Å². The first-order valence-electron chi connectivity index (χ1n) is 3.77. The molecule has 0 aliphatic rings. The van der Waals surface area contributed by atoms with Crippen LogP contribution in [0.3, 0.4) is 0 Å². The van der Waals surface area contributed by atoms with E-state index in [2.05, 4.69) is 10.5 Å². The quantitative estimate of drug-likeness (QED) is 0.318. The number of nitrogens with one attached hydrogen (secondary N) is 1. The van der Waals surface area contributed by atoms with Gasteiger partial charge in [0.15, 0.2) is 0 Å². The number of carbonyl (C=O) groups excluding carboxylic acids is 1. The van der Waals surface area contributed by atoms with Crippen LogP contribution in [0.1, 0.15) is 12.5 Å². The molecule has 0 saturated carbocycles. The molecule has 0 heterocycles. The molecule has 4 heteroatoms. The lowest BCUT2D eigenvalue weighted by molar-refractivity contribution is -0.105. The summed E-state index contributed by atoms with van der Waals surface area (Å²) < 4.78 is 0. The van der Waals surface area contributed by atoms with Crippen molar-refractivity contribution in [3.63, 3.8) is 0 Å². The number of rotatable bonds is 3. The minimum absolute atomic E-state index is 0.539. The highest BCUT2D eigenvalue weighted by atomic mass is 16.4. The van der Waals surface area contributed by atoms with E-state index in [1.54, 1.807) is 31.2 Å². The van der Waals surface area contributed by atoms with Crippen LogP contribution in [0.5, 0.6) is 0 Å². The van der Waals surface area contributed by atoms with Crippen LogP contribution in [0.15, 0.2) is 29.4 Å². The topological polar surface area (TPSA) is 61.7 Å². The minimum Gasteiger partial charge on any atom is -0.411 e. The molecule has 2 N–H and O–H groups in total. The molecule has 0 atom stereocenters. The van der Waals surface area contributed by atoms with Gasteiger partial charge in [0.2, 0.25) is 6.41 Å². The van der Waals surface area contributed by atoms with Gasteiger partial charge in [-0.05, 0) is 24.6 Å². The minimum atomic E-state index is 0.539.